The molecule has 3 heteroatoms. The summed E-state index contributed by atoms with van der Waals surface area (Å²) < 4.78 is 0. The summed E-state index contributed by atoms with van der Waals surface area (Å²) in [5.41, 5.74) is 1.77. The lowest BCUT2D eigenvalue weighted by atomic mass is 9.97. The molecule has 0 spiro atoms. The molecular weight excluding hydrogens is 255 g/mol. The molecule has 17 heavy (non-hydrogen) atoms. The third kappa shape index (κ3) is 4.01. The lowest BCUT2D eigenvalue weighted by Crippen LogP contribution is -2.04. The lowest BCUT2D eigenvalue weighted by Gasteiger charge is -2.10. The number of hydrogen-bond donors (Lipinski definition) is 0. The first-order valence-electron chi connectivity index (χ1n) is 6.11. The van der Waals surface area contributed by atoms with Gasteiger partial charge in [-0.15, -0.1) is 0 Å². The topological polar surface area (TPSA) is 17.1 Å². The number of carbonyl (C=O) groups excluding carboxylic acids is 1. The number of hydrogen-bond acceptors (Lipinski definition) is 1. The summed E-state index contributed by atoms with van der Waals surface area (Å²) in [4.78, 5) is 12.0. The quantitative estimate of drug-likeness (QED) is 0.641. The van der Waals surface area contributed by atoms with Crippen LogP contribution in [-0.2, 0) is 6.42 Å². The summed E-state index contributed by atoms with van der Waals surface area (Å²) in [5.74, 6) is 0.164. The van der Waals surface area contributed by atoms with Crippen LogP contribution in [-0.4, -0.2) is 5.78 Å². The summed E-state index contributed by atoms with van der Waals surface area (Å²) in [6.45, 7) is 4.13. The highest BCUT2D eigenvalue weighted by atomic mass is 35.5. The van der Waals surface area contributed by atoms with Crippen LogP contribution >= 0.6 is 23.2 Å². The van der Waals surface area contributed by atoms with Crippen LogP contribution in [0.2, 0.25) is 10.0 Å². The minimum atomic E-state index is 0.164. The number of unbranched alkanes of at least 4 members (excludes halogenated alkanes) is 1. The van der Waals surface area contributed by atoms with Crippen LogP contribution in [0.1, 0.15) is 55.5 Å². The van der Waals surface area contributed by atoms with Gasteiger partial charge in [0, 0.05) is 12.0 Å². The Labute approximate surface area is 113 Å². The number of rotatable bonds is 6. The highest BCUT2D eigenvalue weighted by molar-refractivity contribution is 6.42. The van der Waals surface area contributed by atoms with Gasteiger partial charge in [0.1, 0.15) is 0 Å². The van der Waals surface area contributed by atoms with Gasteiger partial charge >= 0.3 is 0 Å². The highest BCUT2D eigenvalue weighted by Crippen LogP contribution is 2.28. The van der Waals surface area contributed by atoms with E-state index in [0.29, 0.717) is 16.5 Å². The lowest BCUT2D eigenvalue weighted by molar-refractivity contribution is 0.0981. The Morgan fingerprint density at radius 2 is 1.76 bits per heavy atom. The molecule has 0 atom stereocenters. The molecule has 1 rings (SSSR count). The first-order chi connectivity index (χ1) is 8.10. The Morgan fingerprint density at radius 1 is 1.12 bits per heavy atom. The van der Waals surface area contributed by atoms with E-state index in [1.165, 1.54) is 0 Å². The molecule has 0 aliphatic carbocycles. The second-order valence-corrected chi connectivity index (χ2v) is 5.01. The van der Waals surface area contributed by atoms with Crippen molar-refractivity contribution in [2.24, 2.45) is 0 Å². The largest absolute Gasteiger partial charge is 0.294 e. The predicted molar refractivity (Wildman–Crippen MR) is 74.3 cm³/mol. The molecule has 0 aromatic heterocycles. The first-order valence-corrected chi connectivity index (χ1v) is 6.86. The van der Waals surface area contributed by atoms with Gasteiger partial charge in [-0.1, -0.05) is 43.5 Å². The minimum absolute atomic E-state index is 0.164. The Hall–Kier alpha value is -0.530. The van der Waals surface area contributed by atoms with Crippen LogP contribution < -0.4 is 0 Å². The molecule has 0 unspecified atom stereocenters. The minimum Gasteiger partial charge on any atom is -0.294 e. The smallest absolute Gasteiger partial charge is 0.163 e. The fraction of sp³-hybridized carbons (Fsp3) is 0.500. The Bertz CT molecular complexity index is 399. The zero-order chi connectivity index (χ0) is 12.8. The van der Waals surface area contributed by atoms with E-state index in [1.54, 1.807) is 6.07 Å². The SMILES string of the molecule is CCCCc1cc(Cl)c(Cl)cc1C(=O)CCC. The molecule has 1 nitrogen and oxygen atoms in total. The maximum Gasteiger partial charge on any atom is 0.163 e. The molecule has 1 aromatic carbocycles. The summed E-state index contributed by atoms with van der Waals surface area (Å²) in [6, 6.07) is 3.55. The van der Waals surface area contributed by atoms with Gasteiger partial charge < -0.3 is 0 Å². The van der Waals surface area contributed by atoms with Crippen molar-refractivity contribution in [3.05, 3.63) is 33.3 Å². The molecule has 0 saturated heterocycles. The van der Waals surface area contributed by atoms with Gasteiger partial charge in [-0.05, 0) is 37.0 Å². The molecule has 0 amide bonds. The number of carbonyl (C=O) groups is 1. The standard InChI is InChI=1S/C14H18Cl2O/c1-3-5-7-10-8-12(15)13(16)9-11(10)14(17)6-4-2/h8-9H,3-7H2,1-2H3. The van der Waals surface area contributed by atoms with E-state index < -0.39 is 0 Å². The van der Waals surface area contributed by atoms with Gasteiger partial charge in [0.25, 0.3) is 0 Å². The zero-order valence-electron chi connectivity index (χ0n) is 10.4. The number of ketones is 1. The van der Waals surface area contributed by atoms with Crippen molar-refractivity contribution in [3.63, 3.8) is 0 Å². The zero-order valence-corrected chi connectivity index (χ0v) is 11.9. The van der Waals surface area contributed by atoms with Crippen molar-refractivity contribution in [2.45, 2.75) is 46.0 Å². The molecule has 0 radical (unpaired) electrons. The second kappa shape index (κ2) is 7.03. The average Bonchev–Trinajstić information content (AvgIpc) is 2.30. The molecule has 1 aromatic rings. The third-order valence-corrected chi connectivity index (χ3v) is 3.45. The fourth-order valence-electron chi connectivity index (χ4n) is 1.78. The maximum absolute atomic E-state index is 12.0. The van der Waals surface area contributed by atoms with Crippen molar-refractivity contribution < 1.29 is 4.79 Å². The predicted octanol–water partition coefficient (Wildman–Crippen LogP) is 5.32. The molecule has 0 saturated carbocycles. The number of benzene rings is 1. The van der Waals surface area contributed by atoms with Gasteiger partial charge in [-0.3, -0.25) is 4.79 Å². The Balaban J connectivity index is 3.06. The van der Waals surface area contributed by atoms with E-state index in [9.17, 15) is 4.79 Å². The van der Waals surface area contributed by atoms with Crippen LogP contribution in [0.4, 0.5) is 0 Å². The molecule has 0 heterocycles. The van der Waals surface area contributed by atoms with Crippen molar-refractivity contribution in [3.8, 4) is 0 Å². The maximum atomic E-state index is 12.0. The van der Waals surface area contributed by atoms with Gasteiger partial charge in [0.2, 0.25) is 0 Å². The molecule has 0 aliphatic rings. The van der Waals surface area contributed by atoms with Crippen molar-refractivity contribution >= 4 is 29.0 Å². The second-order valence-electron chi connectivity index (χ2n) is 4.20. The molecule has 0 bridgehead atoms. The molecule has 0 fully saturated rings. The van der Waals surface area contributed by atoms with Crippen LogP contribution in [0, 0.1) is 0 Å². The number of halogens is 2. The van der Waals surface area contributed by atoms with E-state index in [1.807, 2.05) is 13.0 Å². The molecule has 0 N–H and O–H groups in total. The van der Waals surface area contributed by atoms with E-state index >= 15 is 0 Å². The number of Topliss-reactive ketones (excluding diaryl/α,β-unsaturated/α-hetero) is 1. The highest BCUT2D eigenvalue weighted by Gasteiger charge is 2.13. The van der Waals surface area contributed by atoms with Crippen molar-refractivity contribution in [1.29, 1.82) is 0 Å². The average molecular weight is 273 g/mol. The fourth-order valence-corrected chi connectivity index (χ4v) is 2.13. The number of aryl methyl sites for hydroxylation is 1. The third-order valence-electron chi connectivity index (χ3n) is 2.72. The van der Waals surface area contributed by atoms with E-state index in [-0.39, 0.29) is 5.78 Å². The summed E-state index contributed by atoms with van der Waals surface area (Å²) >= 11 is 12.0. The van der Waals surface area contributed by atoms with Crippen LogP contribution in [0.3, 0.4) is 0 Å². The van der Waals surface area contributed by atoms with Gasteiger partial charge in [-0.25, -0.2) is 0 Å². The Morgan fingerprint density at radius 3 is 2.35 bits per heavy atom. The van der Waals surface area contributed by atoms with Crippen LogP contribution in [0.5, 0.6) is 0 Å². The van der Waals surface area contributed by atoms with Gasteiger partial charge in [0.15, 0.2) is 5.78 Å². The Kier molecular flexibility index (Phi) is 6.01. The van der Waals surface area contributed by atoms with Gasteiger partial charge in [-0.2, -0.15) is 0 Å². The van der Waals surface area contributed by atoms with E-state index in [2.05, 4.69) is 6.92 Å². The first kappa shape index (κ1) is 14.5. The van der Waals surface area contributed by atoms with Crippen LogP contribution in [0.25, 0.3) is 0 Å². The monoisotopic (exact) mass is 272 g/mol. The van der Waals surface area contributed by atoms with E-state index in [4.69, 9.17) is 23.2 Å². The van der Waals surface area contributed by atoms with Gasteiger partial charge in [0.05, 0.1) is 10.0 Å². The molecule has 94 valence electrons. The molecular formula is C14H18Cl2O. The van der Waals surface area contributed by atoms with Crippen molar-refractivity contribution in [2.75, 3.05) is 0 Å². The summed E-state index contributed by atoms with van der Waals surface area (Å²) in [5, 5.41) is 0.997. The normalized spacial score (nSPS) is 10.6. The van der Waals surface area contributed by atoms with Crippen LogP contribution in [0.15, 0.2) is 12.1 Å². The summed E-state index contributed by atoms with van der Waals surface area (Å²) in [6.07, 6.45) is 4.47. The van der Waals surface area contributed by atoms with Crippen molar-refractivity contribution in [1.82, 2.24) is 0 Å². The van der Waals surface area contributed by atoms with E-state index in [0.717, 1.165) is 36.8 Å². The summed E-state index contributed by atoms with van der Waals surface area (Å²) in [7, 11) is 0. The molecule has 0 aliphatic heterocycles.